The van der Waals surface area contributed by atoms with Gasteiger partial charge in [-0.3, -0.25) is 0 Å². The fourth-order valence-corrected chi connectivity index (χ4v) is 0.831. The number of carbonyl (C=O) groups excluding carboxylic acids is 2. The third-order valence-corrected chi connectivity index (χ3v) is 1.96. The molecule has 1 N–H and O–H groups in total. The smallest absolute Gasteiger partial charge is 0.333 e. The van der Waals surface area contributed by atoms with Crippen LogP contribution in [0.1, 0.15) is 26.7 Å². The predicted octanol–water partition coefficient (Wildman–Crippen LogP) is 1.61. The first-order chi connectivity index (χ1) is 8.29. The van der Waals surface area contributed by atoms with Gasteiger partial charge in [-0.2, -0.15) is 0 Å². The van der Waals surface area contributed by atoms with Crippen molar-refractivity contribution in [1.82, 2.24) is 0 Å². The fourth-order valence-electron chi connectivity index (χ4n) is 0.831. The van der Waals surface area contributed by atoms with Crippen molar-refractivity contribution in [2.75, 3.05) is 14.2 Å². The number of aliphatic hydroxyl groups excluding tert-OH is 1. The van der Waals surface area contributed by atoms with Crippen LogP contribution in [0.15, 0.2) is 24.3 Å². The van der Waals surface area contributed by atoms with Crippen LogP contribution in [0, 0.1) is 0 Å². The van der Waals surface area contributed by atoms with Gasteiger partial charge in [0.2, 0.25) is 0 Å². The van der Waals surface area contributed by atoms with Crippen molar-refractivity contribution in [3.63, 3.8) is 0 Å². The lowest BCUT2D eigenvalue weighted by molar-refractivity contribution is -0.137. The quantitative estimate of drug-likeness (QED) is 0.599. The van der Waals surface area contributed by atoms with Gasteiger partial charge in [0.05, 0.1) is 20.3 Å². The van der Waals surface area contributed by atoms with Crippen molar-refractivity contribution in [3.8, 4) is 0 Å². The number of aliphatic hydroxyl groups is 1. The average Bonchev–Trinajstić information content (AvgIpc) is 2.36. The molecule has 0 aliphatic rings. The zero-order valence-corrected chi connectivity index (χ0v) is 11.5. The Morgan fingerprint density at radius 1 is 1.17 bits per heavy atom. The van der Waals surface area contributed by atoms with E-state index in [4.69, 9.17) is 5.11 Å². The Labute approximate surface area is 108 Å². The van der Waals surface area contributed by atoms with E-state index in [0.717, 1.165) is 0 Å². The highest BCUT2D eigenvalue weighted by atomic mass is 16.5. The lowest BCUT2D eigenvalue weighted by Crippen LogP contribution is -2.11. The monoisotopic (exact) mass is 258 g/mol. The largest absolute Gasteiger partial charge is 0.466 e. The maximum atomic E-state index is 10.7. The van der Waals surface area contributed by atoms with E-state index < -0.39 is 12.1 Å². The predicted molar refractivity (Wildman–Crippen MR) is 68.9 cm³/mol. The van der Waals surface area contributed by atoms with Crippen LogP contribution in [0.4, 0.5) is 0 Å². The molecule has 0 heterocycles. The number of rotatable bonds is 5. The van der Waals surface area contributed by atoms with Gasteiger partial charge in [-0.05, 0) is 13.3 Å². The summed E-state index contributed by atoms with van der Waals surface area (Å²) < 4.78 is 8.68. The molecular weight excluding hydrogens is 236 g/mol. The maximum Gasteiger partial charge on any atom is 0.333 e. The number of methoxy groups -OCH3 is 2. The van der Waals surface area contributed by atoms with Gasteiger partial charge in [0.1, 0.15) is 0 Å². The summed E-state index contributed by atoms with van der Waals surface area (Å²) in [6, 6.07) is 0. The molecular formula is C13H22O5. The van der Waals surface area contributed by atoms with E-state index >= 15 is 0 Å². The minimum atomic E-state index is -0.485. The first kappa shape index (κ1) is 18.7. The Kier molecular flexibility index (Phi) is 11.0. The molecule has 0 radical (unpaired) electrons. The van der Waals surface area contributed by atoms with E-state index in [1.54, 1.807) is 6.92 Å². The summed E-state index contributed by atoms with van der Waals surface area (Å²) in [7, 11) is 2.63. The third kappa shape index (κ3) is 9.59. The topological polar surface area (TPSA) is 72.8 Å². The van der Waals surface area contributed by atoms with Crippen LogP contribution in [0.2, 0.25) is 0 Å². The summed E-state index contributed by atoms with van der Waals surface area (Å²) in [5.41, 5.74) is 0.754. The molecule has 0 spiro atoms. The SMILES string of the molecule is C=C(C)C(=O)OC.C=C(CC(O)CC)C(=O)OC. The van der Waals surface area contributed by atoms with E-state index in [1.165, 1.54) is 14.2 Å². The minimum Gasteiger partial charge on any atom is -0.466 e. The third-order valence-electron chi connectivity index (χ3n) is 1.96. The van der Waals surface area contributed by atoms with Crippen LogP contribution in [-0.4, -0.2) is 37.4 Å². The van der Waals surface area contributed by atoms with Crippen molar-refractivity contribution in [1.29, 1.82) is 0 Å². The Morgan fingerprint density at radius 2 is 1.61 bits per heavy atom. The van der Waals surface area contributed by atoms with Crippen LogP contribution in [-0.2, 0) is 19.1 Å². The van der Waals surface area contributed by atoms with Gasteiger partial charge in [0.15, 0.2) is 0 Å². The molecule has 0 fully saturated rings. The van der Waals surface area contributed by atoms with Gasteiger partial charge >= 0.3 is 11.9 Å². The summed E-state index contributed by atoms with van der Waals surface area (Å²) in [5.74, 6) is -0.794. The summed E-state index contributed by atoms with van der Waals surface area (Å²) in [4.78, 5) is 20.9. The molecule has 104 valence electrons. The number of hydrogen-bond acceptors (Lipinski definition) is 5. The summed E-state index contributed by atoms with van der Waals surface area (Å²) in [6.45, 7) is 10.3. The molecule has 18 heavy (non-hydrogen) atoms. The van der Waals surface area contributed by atoms with Crippen LogP contribution < -0.4 is 0 Å². The van der Waals surface area contributed by atoms with Crippen molar-refractivity contribution >= 4 is 11.9 Å². The van der Waals surface area contributed by atoms with Gasteiger partial charge in [0.25, 0.3) is 0 Å². The van der Waals surface area contributed by atoms with E-state index in [1.807, 2.05) is 6.92 Å². The van der Waals surface area contributed by atoms with Crippen molar-refractivity contribution in [2.45, 2.75) is 32.8 Å². The molecule has 0 aromatic heterocycles. The Balaban J connectivity index is 0. The van der Waals surface area contributed by atoms with Gasteiger partial charge in [-0.25, -0.2) is 9.59 Å². The minimum absolute atomic E-state index is 0.295. The summed E-state index contributed by atoms with van der Waals surface area (Å²) >= 11 is 0. The summed E-state index contributed by atoms with van der Waals surface area (Å²) in [6.07, 6.45) is 0.431. The molecule has 5 nitrogen and oxygen atoms in total. The molecule has 1 atom stereocenters. The molecule has 0 aliphatic carbocycles. The Hall–Kier alpha value is -1.62. The number of carbonyl (C=O) groups is 2. The van der Waals surface area contributed by atoms with Gasteiger partial charge < -0.3 is 14.6 Å². The number of hydrogen-bond donors (Lipinski definition) is 1. The van der Waals surface area contributed by atoms with Gasteiger partial charge in [-0.1, -0.05) is 20.1 Å². The first-order valence-corrected chi connectivity index (χ1v) is 5.48. The standard InChI is InChI=1S/C8H14O3.C5H8O2/c1-4-7(9)5-6(2)8(10)11-3;1-4(2)5(6)7-3/h7,9H,2,4-5H2,1,3H3;1H2,2-3H3. The second-order valence-corrected chi connectivity index (χ2v) is 3.63. The highest BCUT2D eigenvalue weighted by molar-refractivity contribution is 5.87. The summed E-state index contributed by atoms with van der Waals surface area (Å²) in [5, 5.41) is 9.10. The van der Waals surface area contributed by atoms with E-state index in [2.05, 4.69) is 22.6 Å². The van der Waals surface area contributed by atoms with Crippen LogP contribution in [0.3, 0.4) is 0 Å². The molecule has 1 unspecified atom stereocenters. The lowest BCUT2D eigenvalue weighted by atomic mass is 10.1. The van der Waals surface area contributed by atoms with Gasteiger partial charge in [-0.15, -0.1) is 0 Å². The zero-order chi connectivity index (χ0) is 14.7. The second-order valence-electron chi connectivity index (χ2n) is 3.63. The highest BCUT2D eigenvalue weighted by Gasteiger charge is 2.10. The molecule has 5 heteroatoms. The second kappa shape index (κ2) is 10.5. The van der Waals surface area contributed by atoms with E-state index in [-0.39, 0.29) is 5.97 Å². The molecule has 0 aromatic carbocycles. The number of esters is 2. The molecule has 0 aromatic rings. The number of ether oxygens (including phenoxy) is 2. The fraction of sp³-hybridized carbons (Fsp3) is 0.538. The zero-order valence-electron chi connectivity index (χ0n) is 11.5. The van der Waals surface area contributed by atoms with Crippen LogP contribution in [0.5, 0.6) is 0 Å². The Bertz CT molecular complexity index is 307. The van der Waals surface area contributed by atoms with E-state index in [0.29, 0.717) is 24.0 Å². The van der Waals surface area contributed by atoms with Crippen molar-refractivity contribution in [2.24, 2.45) is 0 Å². The van der Waals surface area contributed by atoms with E-state index in [9.17, 15) is 9.59 Å². The normalized spacial score (nSPS) is 10.5. The average molecular weight is 258 g/mol. The lowest BCUT2D eigenvalue weighted by Gasteiger charge is -2.07. The maximum absolute atomic E-state index is 10.7. The van der Waals surface area contributed by atoms with Crippen molar-refractivity contribution in [3.05, 3.63) is 24.3 Å². The Morgan fingerprint density at radius 3 is 1.83 bits per heavy atom. The molecule has 0 rings (SSSR count). The van der Waals surface area contributed by atoms with Gasteiger partial charge in [0, 0.05) is 17.6 Å². The van der Waals surface area contributed by atoms with Crippen molar-refractivity contribution < 1.29 is 24.2 Å². The van der Waals surface area contributed by atoms with Crippen LogP contribution >= 0.6 is 0 Å². The first-order valence-electron chi connectivity index (χ1n) is 5.48. The highest BCUT2D eigenvalue weighted by Crippen LogP contribution is 2.06. The molecule has 0 saturated carbocycles. The molecule has 0 saturated heterocycles. The van der Waals surface area contributed by atoms with Crippen LogP contribution in [0.25, 0.3) is 0 Å². The molecule has 0 amide bonds. The molecule has 0 aliphatic heterocycles. The molecule has 0 bridgehead atoms.